The van der Waals surface area contributed by atoms with Crippen molar-refractivity contribution in [2.45, 2.75) is 88.6 Å². The van der Waals surface area contributed by atoms with Gasteiger partial charge < -0.3 is 24.6 Å². The zero-order valence-corrected chi connectivity index (χ0v) is 28.2. The summed E-state index contributed by atoms with van der Waals surface area (Å²) in [7, 11) is 0.192. The van der Waals surface area contributed by atoms with E-state index in [1.807, 2.05) is 55.4 Å². The van der Waals surface area contributed by atoms with Crippen molar-refractivity contribution in [1.29, 1.82) is 0 Å². The number of carboxylic acid groups (broad SMARTS) is 1. The van der Waals surface area contributed by atoms with Gasteiger partial charge >= 0.3 is 5.97 Å². The van der Waals surface area contributed by atoms with Crippen LogP contribution in [-0.4, -0.2) is 88.0 Å². The number of unbranched alkanes of at least 4 members (excludes halogenated alkanes) is 4. The third-order valence-electron chi connectivity index (χ3n) is 8.98. The zero-order valence-electron chi connectivity index (χ0n) is 27.4. The maximum atomic E-state index is 14.0. The Kier molecular flexibility index (Phi) is 13.9. The Hall–Kier alpha value is -2.95. The molecule has 1 heterocycles. The van der Waals surface area contributed by atoms with Gasteiger partial charge in [0.1, 0.15) is 12.0 Å². The molecule has 9 nitrogen and oxygen atoms in total. The topological polar surface area (TPSA) is 124 Å². The molecule has 3 rings (SSSR count). The number of aldehydes is 1. The molecule has 0 aliphatic carbocycles. The van der Waals surface area contributed by atoms with Gasteiger partial charge in [-0.25, -0.2) is 8.42 Å². The lowest BCUT2D eigenvalue weighted by Crippen LogP contribution is -2.43. The van der Waals surface area contributed by atoms with Crippen LogP contribution in [0.1, 0.15) is 88.7 Å². The van der Waals surface area contributed by atoms with E-state index in [9.17, 15) is 23.1 Å². The summed E-state index contributed by atoms with van der Waals surface area (Å²) in [5, 5.41) is 21.3. The van der Waals surface area contributed by atoms with Crippen molar-refractivity contribution in [3.8, 4) is 5.75 Å². The molecule has 2 atom stereocenters. The number of hydrogen-bond donors (Lipinski definition) is 2. The minimum atomic E-state index is -3.66. The number of ether oxygens (including phenoxy) is 1. The SMILES string of the molecule is CCCCC1(CCCC)CS(=O)(=O)c2ccc(N(C)C)cc2[C@@H](c2ccc(OCCCCCN(CC=O)CC(=O)O)cc2)[C@H]1O. The van der Waals surface area contributed by atoms with Crippen LogP contribution in [0.2, 0.25) is 0 Å². The molecule has 0 fully saturated rings. The number of benzene rings is 2. The Bertz CT molecular complexity index is 1340. The first-order chi connectivity index (χ1) is 21.5. The molecule has 0 spiro atoms. The van der Waals surface area contributed by atoms with Gasteiger partial charge in [-0.3, -0.25) is 9.69 Å². The fourth-order valence-electron chi connectivity index (χ4n) is 6.50. The molecule has 2 aromatic rings. The predicted molar refractivity (Wildman–Crippen MR) is 178 cm³/mol. The maximum Gasteiger partial charge on any atom is 0.317 e. The highest BCUT2D eigenvalue weighted by atomic mass is 32.2. The van der Waals surface area contributed by atoms with E-state index in [4.69, 9.17) is 9.84 Å². The lowest BCUT2D eigenvalue weighted by Gasteiger charge is -2.40. The summed E-state index contributed by atoms with van der Waals surface area (Å²) >= 11 is 0. The van der Waals surface area contributed by atoms with Crippen LogP contribution >= 0.6 is 0 Å². The lowest BCUT2D eigenvalue weighted by molar-refractivity contribution is -0.138. The second-order valence-corrected chi connectivity index (χ2v) is 14.6. The second kappa shape index (κ2) is 17.1. The van der Waals surface area contributed by atoms with E-state index >= 15 is 0 Å². The molecule has 45 heavy (non-hydrogen) atoms. The van der Waals surface area contributed by atoms with Crippen LogP contribution in [-0.2, 0) is 19.4 Å². The summed E-state index contributed by atoms with van der Waals surface area (Å²) in [4.78, 5) is 25.6. The number of fused-ring (bicyclic) bond motifs is 1. The normalized spacial score (nSPS) is 18.6. The summed E-state index contributed by atoms with van der Waals surface area (Å²) < 4.78 is 34.0. The standard InChI is InChI=1S/C35H52N2O7S/c1-5-7-18-35(19-8-6-2)26-45(42,43)31-17-14-28(36(3)4)24-30(31)33(34(35)41)27-12-15-29(16-13-27)44-23-11-9-10-20-37(21-22-38)25-32(39)40/h12-17,22,24,33-34,41H,5-11,18-21,23,25-26H2,1-4H3,(H,39,40)/t33-,34-/m1/s1. The van der Waals surface area contributed by atoms with Crippen LogP contribution in [0, 0.1) is 5.41 Å². The predicted octanol–water partition coefficient (Wildman–Crippen LogP) is 5.53. The monoisotopic (exact) mass is 644 g/mol. The summed E-state index contributed by atoms with van der Waals surface area (Å²) in [6.07, 6.45) is 7.07. The molecule has 2 N–H and O–H groups in total. The fourth-order valence-corrected chi connectivity index (χ4v) is 8.69. The zero-order chi connectivity index (χ0) is 33.0. The van der Waals surface area contributed by atoms with Gasteiger partial charge in [0.25, 0.3) is 0 Å². The molecule has 10 heteroatoms. The van der Waals surface area contributed by atoms with Crippen LogP contribution in [0.4, 0.5) is 5.69 Å². The number of aliphatic carboxylic acids is 1. The number of aliphatic hydroxyl groups excluding tert-OH is 1. The molecule has 0 saturated heterocycles. The third-order valence-corrected chi connectivity index (χ3v) is 11.0. The molecule has 0 amide bonds. The van der Waals surface area contributed by atoms with E-state index in [0.29, 0.717) is 42.2 Å². The first-order valence-corrected chi connectivity index (χ1v) is 18.0. The number of rotatable bonds is 19. The van der Waals surface area contributed by atoms with Gasteiger partial charge in [0, 0.05) is 31.1 Å². The molecular formula is C35H52N2O7S. The summed E-state index contributed by atoms with van der Waals surface area (Å²) in [5.41, 5.74) is 1.63. The Labute approximate surface area is 269 Å². The first-order valence-electron chi connectivity index (χ1n) is 16.3. The molecule has 0 unspecified atom stereocenters. The average Bonchev–Trinajstić information content (AvgIpc) is 3.07. The van der Waals surface area contributed by atoms with Crippen molar-refractivity contribution < 1.29 is 33.0 Å². The van der Waals surface area contributed by atoms with E-state index in [1.54, 1.807) is 11.0 Å². The van der Waals surface area contributed by atoms with Gasteiger partial charge in [0.15, 0.2) is 9.84 Å². The largest absolute Gasteiger partial charge is 0.494 e. The van der Waals surface area contributed by atoms with E-state index in [-0.39, 0.29) is 18.8 Å². The summed E-state index contributed by atoms with van der Waals surface area (Å²) in [5.74, 6) is -0.833. The van der Waals surface area contributed by atoms with E-state index in [0.717, 1.165) is 62.5 Å². The Morgan fingerprint density at radius 2 is 1.67 bits per heavy atom. The van der Waals surface area contributed by atoms with Crippen LogP contribution in [0.25, 0.3) is 0 Å². The van der Waals surface area contributed by atoms with E-state index < -0.39 is 33.2 Å². The van der Waals surface area contributed by atoms with Gasteiger partial charge in [0.05, 0.1) is 36.4 Å². The molecule has 0 aromatic heterocycles. The number of hydrogen-bond acceptors (Lipinski definition) is 8. The first kappa shape index (κ1) is 36.5. The van der Waals surface area contributed by atoms with Gasteiger partial charge in [0.2, 0.25) is 0 Å². The third kappa shape index (κ3) is 9.77. The molecule has 1 aliphatic heterocycles. The van der Waals surface area contributed by atoms with Crippen molar-refractivity contribution in [1.82, 2.24) is 4.90 Å². The number of anilines is 1. The van der Waals surface area contributed by atoms with Gasteiger partial charge in [-0.15, -0.1) is 0 Å². The van der Waals surface area contributed by atoms with Crippen LogP contribution < -0.4 is 9.64 Å². The van der Waals surface area contributed by atoms with Crippen molar-refractivity contribution in [3.05, 3.63) is 53.6 Å². The van der Waals surface area contributed by atoms with Crippen molar-refractivity contribution in [2.75, 3.05) is 51.0 Å². The Morgan fingerprint density at radius 1 is 1.00 bits per heavy atom. The molecule has 0 bridgehead atoms. The Balaban J connectivity index is 1.85. The molecular weight excluding hydrogens is 592 g/mol. The molecule has 1 aliphatic rings. The number of nitrogens with zero attached hydrogens (tertiary/aromatic N) is 2. The number of aliphatic hydroxyl groups is 1. The van der Waals surface area contributed by atoms with E-state index in [1.165, 1.54) is 0 Å². The van der Waals surface area contributed by atoms with Gasteiger partial charge in [-0.05, 0) is 80.1 Å². The minimum absolute atomic E-state index is 0.0591. The van der Waals surface area contributed by atoms with Crippen LogP contribution in [0.5, 0.6) is 5.75 Å². The number of carbonyl (C=O) groups excluding carboxylic acids is 1. The molecule has 250 valence electrons. The number of carbonyl (C=O) groups is 2. The number of carboxylic acids is 1. The van der Waals surface area contributed by atoms with E-state index in [2.05, 4.69) is 13.8 Å². The molecule has 2 aromatic carbocycles. The number of sulfone groups is 1. The summed E-state index contributed by atoms with van der Waals surface area (Å²) in [6, 6.07) is 13.1. The van der Waals surface area contributed by atoms with Crippen molar-refractivity contribution >= 4 is 27.8 Å². The maximum absolute atomic E-state index is 14.0. The van der Waals surface area contributed by atoms with Crippen LogP contribution in [0.3, 0.4) is 0 Å². The highest BCUT2D eigenvalue weighted by Crippen LogP contribution is 2.50. The molecule has 0 radical (unpaired) electrons. The van der Waals surface area contributed by atoms with Crippen molar-refractivity contribution in [2.24, 2.45) is 5.41 Å². The summed E-state index contributed by atoms with van der Waals surface area (Å²) in [6.45, 7) is 5.18. The quantitative estimate of drug-likeness (QED) is 0.150. The Morgan fingerprint density at radius 3 is 2.24 bits per heavy atom. The highest BCUT2D eigenvalue weighted by molar-refractivity contribution is 7.91. The minimum Gasteiger partial charge on any atom is -0.494 e. The fraction of sp³-hybridized carbons (Fsp3) is 0.600. The second-order valence-electron chi connectivity index (χ2n) is 12.6. The highest BCUT2D eigenvalue weighted by Gasteiger charge is 2.49. The van der Waals surface area contributed by atoms with Crippen LogP contribution in [0.15, 0.2) is 47.4 Å². The van der Waals surface area contributed by atoms with Gasteiger partial charge in [-0.2, -0.15) is 0 Å². The van der Waals surface area contributed by atoms with Crippen molar-refractivity contribution in [3.63, 3.8) is 0 Å². The smallest absolute Gasteiger partial charge is 0.317 e. The lowest BCUT2D eigenvalue weighted by atomic mass is 9.68. The average molecular weight is 645 g/mol. The molecule has 0 saturated carbocycles. The van der Waals surface area contributed by atoms with Gasteiger partial charge in [-0.1, -0.05) is 51.7 Å².